The Bertz CT molecular complexity index is 599. The van der Waals surface area contributed by atoms with Crippen molar-refractivity contribution in [3.8, 4) is 0 Å². The summed E-state index contributed by atoms with van der Waals surface area (Å²) < 4.78 is 5.13. The molecule has 5 nitrogen and oxygen atoms in total. The van der Waals surface area contributed by atoms with Crippen LogP contribution < -0.4 is 10.2 Å². The summed E-state index contributed by atoms with van der Waals surface area (Å²) in [7, 11) is 3.93. The van der Waals surface area contributed by atoms with Crippen molar-refractivity contribution in [2.24, 2.45) is 0 Å². The van der Waals surface area contributed by atoms with E-state index in [1.54, 1.807) is 12.5 Å². The lowest BCUT2D eigenvalue weighted by atomic mass is 9.95. The first-order valence-electron chi connectivity index (χ1n) is 7.12. The second kappa shape index (κ2) is 5.76. The minimum Gasteiger partial charge on any atom is -0.472 e. The molecule has 114 valence electrons. The van der Waals surface area contributed by atoms with E-state index >= 15 is 0 Å². The SMILES string of the molecule is CNc1nc(C(C)(C)C)nc(N(C)Cc2ccoc2)c1C. The average molecular weight is 288 g/mol. The van der Waals surface area contributed by atoms with Gasteiger partial charge in [0.05, 0.1) is 12.5 Å². The zero-order valence-corrected chi connectivity index (χ0v) is 13.7. The largest absolute Gasteiger partial charge is 0.472 e. The van der Waals surface area contributed by atoms with Crippen LogP contribution in [0.2, 0.25) is 0 Å². The van der Waals surface area contributed by atoms with Gasteiger partial charge in [0.25, 0.3) is 0 Å². The van der Waals surface area contributed by atoms with Crippen LogP contribution in [-0.4, -0.2) is 24.1 Å². The maximum absolute atomic E-state index is 5.13. The second-order valence-electron chi connectivity index (χ2n) is 6.33. The molecule has 0 aliphatic carbocycles. The van der Waals surface area contributed by atoms with E-state index in [4.69, 9.17) is 9.40 Å². The van der Waals surface area contributed by atoms with Gasteiger partial charge in [0, 0.05) is 37.2 Å². The van der Waals surface area contributed by atoms with Crippen LogP contribution in [0.15, 0.2) is 23.0 Å². The smallest absolute Gasteiger partial charge is 0.138 e. The third-order valence-electron chi connectivity index (χ3n) is 3.39. The van der Waals surface area contributed by atoms with Gasteiger partial charge < -0.3 is 14.6 Å². The van der Waals surface area contributed by atoms with Crippen LogP contribution >= 0.6 is 0 Å². The molecule has 0 saturated carbocycles. The lowest BCUT2D eigenvalue weighted by Crippen LogP contribution is -2.24. The summed E-state index contributed by atoms with van der Waals surface area (Å²) in [5, 5.41) is 3.17. The maximum atomic E-state index is 5.13. The minimum absolute atomic E-state index is 0.0927. The first-order chi connectivity index (χ1) is 9.82. The van der Waals surface area contributed by atoms with Crippen LogP contribution in [0.1, 0.15) is 37.7 Å². The van der Waals surface area contributed by atoms with E-state index in [0.29, 0.717) is 0 Å². The predicted molar refractivity (Wildman–Crippen MR) is 85.8 cm³/mol. The molecule has 0 atom stereocenters. The Morgan fingerprint density at radius 2 is 2.00 bits per heavy atom. The number of hydrogen-bond acceptors (Lipinski definition) is 5. The van der Waals surface area contributed by atoms with Crippen LogP contribution in [0.4, 0.5) is 11.6 Å². The van der Waals surface area contributed by atoms with E-state index in [-0.39, 0.29) is 5.41 Å². The highest BCUT2D eigenvalue weighted by molar-refractivity contribution is 5.58. The highest BCUT2D eigenvalue weighted by Gasteiger charge is 2.22. The lowest BCUT2D eigenvalue weighted by Gasteiger charge is -2.25. The van der Waals surface area contributed by atoms with Gasteiger partial charge in [0.1, 0.15) is 17.5 Å². The Morgan fingerprint density at radius 3 is 2.52 bits per heavy atom. The second-order valence-corrected chi connectivity index (χ2v) is 6.33. The van der Waals surface area contributed by atoms with Crippen LogP contribution in [0.5, 0.6) is 0 Å². The van der Waals surface area contributed by atoms with Crippen molar-refractivity contribution < 1.29 is 4.42 Å². The summed E-state index contributed by atoms with van der Waals surface area (Å²) >= 11 is 0. The van der Waals surface area contributed by atoms with E-state index in [1.165, 1.54) is 0 Å². The summed E-state index contributed by atoms with van der Waals surface area (Å²) in [5.74, 6) is 2.66. The number of nitrogens with zero attached hydrogens (tertiary/aromatic N) is 3. The summed E-state index contributed by atoms with van der Waals surface area (Å²) in [4.78, 5) is 11.5. The van der Waals surface area contributed by atoms with E-state index in [9.17, 15) is 0 Å². The fourth-order valence-corrected chi connectivity index (χ4v) is 2.19. The first kappa shape index (κ1) is 15.4. The molecule has 21 heavy (non-hydrogen) atoms. The van der Waals surface area contributed by atoms with Crippen molar-refractivity contribution >= 4 is 11.6 Å². The van der Waals surface area contributed by atoms with Gasteiger partial charge in [-0.15, -0.1) is 0 Å². The predicted octanol–water partition coefficient (Wildman–Crippen LogP) is 3.35. The fourth-order valence-electron chi connectivity index (χ4n) is 2.19. The molecule has 0 spiro atoms. The van der Waals surface area contributed by atoms with Crippen LogP contribution in [0.3, 0.4) is 0 Å². The normalized spacial score (nSPS) is 11.5. The number of hydrogen-bond donors (Lipinski definition) is 1. The molecule has 0 amide bonds. The molecule has 0 aliphatic rings. The standard InChI is InChI=1S/C16H24N4O/c1-11-13(17-5)18-15(16(2,3)4)19-14(11)20(6)9-12-7-8-21-10-12/h7-8,10H,9H2,1-6H3,(H,17,18,19). The third-order valence-corrected chi connectivity index (χ3v) is 3.39. The molecular formula is C16H24N4O. The third kappa shape index (κ3) is 3.35. The first-order valence-corrected chi connectivity index (χ1v) is 7.12. The number of furan rings is 1. The zero-order chi connectivity index (χ0) is 15.6. The van der Waals surface area contributed by atoms with Gasteiger partial charge in [0.2, 0.25) is 0 Å². The Hall–Kier alpha value is -2.04. The van der Waals surface area contributed by atoms with E-state index in [1.807, 2.05) is 27.1 Å². The van der Waals surface area contributed by atoms with Crippen molar-refractivity contribution in [3.05, 3.63) is 35.5 Å². The van der Waals surface area contributed by atoms with Gasteiger partial charge >= 0.3 is 0 Å². The molecule has 0 saturated heterocycles. The molecule has 0 fully saturated rings. The van der Waals surface area contributed by atoms with Gasteiger partial charge in [0.15, 0.2) is 0 Å². The Kier molecular flexibility index (Phi) is 4.21. The van der Waals surface area contributed by atoms with Crippen molar-refractivity contribution in [2.75, 3.05) is 24.3 Å². The van der Waals surface area contributed by atoms with Gasteiger partial charge in [-0.3, -0.25) is 0 Å². The molecule has 2 aromatic rings. The lowest BCUT2D eigenvalue weighted by molar-refractivity contribution is 0.544. The number of anilines is 2. The zero-order valence-electron chi connectivity index (χ0n) is 13.7. The highest BCUT2D eigenvalue weighted by Crippen LogP contribution is 2.28. The molecule has 1 N–H and O–H groups in total. The van der Waals surface area contributed by atoms with Gasteiger partial charge in [-0.2, -0.15) is 0 Å². The van der Waals surface area contributed by atoms with E-state index < -0.39 is 0 Å². The molecule has 0 aliphatic heterocycles. The quantitative estimate of drug-likeness (QED) is 0.935. The monoisotopic (exact) mass is 288 g/mol. The molecule has 2 rings (SSSR count). The summed E-state index contributed by atoms with van der Waals surface area (Å²) in [6.45, 7) is 9.16. The van der Waals surface area contributed by atoms with E-state index in [2.05, 4.69) is 36.0 Å². The van der Waals surface area contributed by atoms with Crippen molar-refractivity contribution in [1.82, 2.24) is 9.97 Å². The maximum Gasteiger partial charge on any atom is 0.138 e. The summed E-state index contributed by atoms with van der Waals surface area (Å²) in [6, 6.07) is 1.97. The van der Waals surface area contributed by atoms with Gasteiger partial charge in [-0.25, -0.2) is 9.97 Å². The Labute approximate surface area is 126 Å². The van der Waals surface area contributed by atoms with Crippen molar-refractivity contribution in [2.45, 2.75) is 39.7 Å². The average Bonchev–Trinajstić information content (AvgIpc) is 2.90. The molecule has 2 aromatic heterocycles. The summed E-state index contributed by atoms with van der Waals surface area (Å²) in [5.41, 5.74) is 2.08. The highest BCUT2D eigenvalue weighted by atomic mass is 16.3. The van der Waals surface area contributed by atoms with Crippen LogP contribution in [0, 0.1) is 6.92 Å². The number of nitrogens with one attached hydrogen (secondary N) is 1. The van der Waals surface area contributed by atoms with E-state index in [0.717, 1.165) is 35.1 Å². The topological polar surface area (TPSA) is 54.2 Å². The summed E-state index contributed by atoms with van der Waals surface area (Å²) in [6.07, 6.45) is 3.45. The Balaban J connectivity index is 2.41. The minimum atomic E-state index is -0.0927. The molecule has 0 bridgehead atoms. The van der Waals surface area contributed by atoms with Crippen molar-refractivity contribution in [1.29, 1.82) is 0 Å². The van der Waals surface area contributed by atoms with Crippen LogP contribution in [-0.2, 0) is 12.0 Å². The molecule has 2 heterocycles. The van der Waals surface area contributed by atoms with Crippen molar-refractivity contribution in [3.63, 3.8) is 0 Å². The van der Waals surface area contributed by atoms with Gasteiger partial charge in [-0.1, -0.05) is 20.8 Å². The molecule has 0 aromatic carbocycles. The van der Waals surface area contributed by atoms with Gasteiger partial charge in [-0.05, 0) is 13.0 Å². The molecule has 0 radical (unpaired) electrons. The number of aromatic nitrogens is 2. The fraction of sp³-hybridized carbons (Fsp3) is 0.500. The van der Waals surface area contributed by atoms with Crippen LogP contribution in [0.25, 0.3) is 0 Å². The molecule has 5 heteroatoms. The Morgan fingerprint density at radius 1 is 1.29 bits per heavy atom. The molecule has 0 unspecified atom stereocenters. The molecular weight excluding hydrogens is 264 g/mol. The number of rotatable bonds is 4.